The van der Waals surface area contributed by atoms with E-state index < -0.39 is 38.3 Å². The summed E-state index contributed by atoms with van der Waals surface area (Å²) < 4.78 is 26.8. The van der Waals surface area contributed by atoms with Gasteiger partial charge in [0, 0.05) is 12.1 Å². The summed E-state index contributed by atoms with van der Waals surface area (Å²) in [4.78, 5) is 24.0. The topological polar surface area (TPSA) is 108 Å². The largest absolute Gasteiger partial charge is 0.467 e. The number of nitrogens with zero attached hydrogens (tertiary/aromatic N) is 1. The zero-order chi connectivity index (χ0) is 23.9. The maximum absolute atomic E-state index is 13.3. The lowest BCUT2D eigenvalue weighted by Crippen LogP contribution is -2.52. The van der Waals surface area contributed by atoms with Crippen LogP contribution in [-0.4, -0.2) is 33.6 Å². The van der Waals surface area contributed by atoms with Crippen LogP contribution in [0.4, 0.5) is 5.69 Å². The number of carbonyl (C=O) groups excluding carboxylic acids is 1. The molecule has 0 aliphatic carbocycles. The van der Waals surface area contributed by atoms with Crippen molar-refractivity contribution < 1.29 is 23.4 Å². The average molecular weight is 461 g/mol. The molecule has 9 heteroatoms. The molecular formula is C23H28N2O6S. The Morgan fingerprint density at radius 1 is 1.19 bits per heavy atom. The van der Waals surface area contributed by atoms with Crippen LogP contribution in [0.1, 0.15) is 37.9 Å². The molecular weight excluding hydrogens is 432 g/mol. The second kappa shape index (κ2) is 10.6. The Balaban J connectivity index is 2.80. The molecule has 0 fully saturated rings. The molecule has 0 unspecified atom stereocenters. The lowest BCUT2D eigenvalue weighted by molar-refractivity contribution is -0.384. The van der Waals surface area contributed by atoms with E-state index in [0.717, 1.165) is 0 Å². The van der Waals surface area contributed by atoms with Crippen LogP contribution in [0.3, 0.4) is 0 Å². The second-order valence-corrected chi connectivity index (χ2v) is 9.97. The number of hydrogen-bond donors (Lipinski definition) is 1. The summed E-state index contributed by atoms with van der Waals surface area (Å²) in [5, 5.41) is 11.1. The minimum absolute atomic E-state index is 0.00267. The van der Waals surface area contributed by atoms with E-state index in [1.54, 1.807) is 51.1 Å². The molecule has 0 bridgehead atoms. The Kier molecular flexibility index (Phi) is 8.43. The number of carbonyl (C=O) groups is 1. The van der Waals surface area contributed by atoms with E-state index in [1.807, 2.05) is 0 Å². The van der Waals surface area contributed by atoms with E-state index in [0.29, 0.717) is 11.1 Å². The minimum atomic E-state index is -1.75. The zero-order valence-corrected chi connectivity index (χ0v) is 19.4. The first-order chi connectivity index (χ1) is 15.1. The van der Waals surface area contributed by atoms with Crippen molar-refractivity contribution in [3.8, 4) is 0 Å². The van der Waals surface area contributed by atoms with Crippen molar-refractivity contribution in [1.29, 1.82) is 0 Å². The van der Waals surface area contributed by atoms with Crippen LogP contribution in [-0.2, 0) is 30.9 Å². The van der Waals surface area contributed by atoms with Crippen molar-refractivity contribution in [2.24, 2.45) is 0 Å². The first-order valence-electron chi connectivity index (χ1n) is 9.89. The smallest absolute Gasteiger partial charge is 0.344 e. The Bertz CT molecular complexity index is 972. The van der Waals surface area contributed by atoms with Gasteiger partial charge in [0.25, 0.3) is 5.69 Å². The van der Waals surface area contributed by atoms with Gasteiger partial charge in [-0.15, -0.1) is 6.58 Å². The van der Waals surface area contributed by atoms with Gasteiger partial charge < -0.3 is 9.47 Å². The number of methoxy groups -OCH3 is 1. The van der Waals surface area contributed by atoms with E-state index in [1.165, 1.54) is 37.5 Å². The van der Waals surface area contributed by atoms with Crippen molar-refractivity contribution in [3.05, 3.63) is 88.5 Å². The van der Waals surface area contributed by atoms with Gasteiger partial charge in [0.15, 0.2) is 0 Å². The van der Waals surface area contributed by atoms with Gasteiger partial charge in [-0.3, -0.25) is 10.1 Å². The molecule has 0 heterocycles. The minimum Gasteiger partial charge on any atom is -0.467 e. The molecule has 2 aromatic rings. The van der Waals surface area contributed by atoms with Crippen molar-refractivity contribution in [3.63, 3.8) is 0 Å². The fourth-order valence-corrected chi connectivity index (χ4v) is 3.98. The number of ether oxygens (including phenoxy) is 2. The van der Waals surface area contributed by atoms with E-state index in [4.69, 9.17) is 9.47 Å². The number of nitro benzene ring substituents is 1. The maximum atomic E-state index is 13.3. The van der Waals surface area contributed by atoms with E-state index in [9.17, 15) is 19.1 Å². The maximum Gasteiger partial charge on any atom is 0.344 e. The van der Waals surface area contributed by atoms with Crippen molar-refractivity contribution in [2.75, 3.05) is 13.7 Å². The predicted octanol–water partition coefficient (Wildman–Crippen LogP) is 3.96. The zero-order valence-electron chi connectivity index (χ0n) is 18.6. The Labute approximate surface area is 190 Å². The fourth-order valence-electron chi connectivity index (χ4n) is 3.11. The predicted molar refractivity (Wildman–Crippen MR) is 123 cm³/mol. The van der Waals surface area contributed by atoms with Gasteiger partial charge in [-0.1, -0.05) is 48.5 Å². The van der Waals surface area contributed by atoms with Crippen LogP contribution in [0.15, 0.2) is 67.3 Å². The highest BCUT2D eigenvalue weighted by molar-refractivity contribution is 7.84. The van der Waals surface area contributed by atoms with Crippen LogP contribution in [0.2, 0.25) is 0 Å². The number of esters is 1. The van der Waals surface area contributed by atoms with Gasteiger partial charge in [-0.25, -0.2) is 13.7 Å². The van der Waals surface area contributed by atoms with Crippen LogP contribution in [0.5, 0.6) is 0 Å². The number of nitro groups is 1. The third-order valence-corrected chi connectivity index (χ3v) is 6.31. The molecule has 0 saturated heterocycles. The first-order valence-corrected chi connectivity index (χ1v) is 11.0. The van der Waals surface area contributed by atoms with E-state index in [-0.39, 0.29) is 12.3 Å². The lowest BCUT2D eigenvalue weighted by Gasteiger charge is -2.39. The molecule has 0 amide bonds. The van der Waals surface area contributed by atoms with Gasteiger partial charge in [0.2, 0.25) is 5.60 Å². The second-order valence-electron chi connectivity index (χ2n) is 7.97. The average Bonchev–Trinajstić information content (AvgIpc) is 2.78. The Morgan fingerprint density at radius 3 is 2.25 bits per heavy atom. The van der Waals surface area contributed by atoms with Gasteiger partial charge in [-0.05, 0) is 31.9 Å². The summed E-state index contributed by atoms with van der Waals surface area (Å²) in [6.45, 7) is 9.03. The van der Waals surface area contributed by atoms with Crippen molar-refractivity contribution >= 4 is 22.6 Å². The Morgan fingerprint density at radius 2 is 1.78 bits per heavy atom. The number of benzene rings is 2. The molecule has 2 aromatic carbocycles. The van der Waals surface area contributed by atoms with Crippen LogP contribution < -0.4 is 4.72 Å². The number of non-ortho nitro benzene ring substituents is 1. The molecule has 1 N–H and O–H groups in total. The molecule has 0 aliphatic rings. The molecule has 172 valence electrons. The number of hydrogen-bond acceptors (Lipinski definition) is 6. The monoisotopic (exact) mass is 460 g/mol. The van der Waals surface area contributed by atoms with Crippen molar-refractivity contribution in [1.82, 2.24) is 4.72 Å². The standard InChI is InChI=1S/C23H28N2O6S/c1-6-16-31-23(21(26)30-5,18-10-8-7-9-11-18)20(24-32(29)22(2,3)4)17-12-14-19(15-13-17)25(27)28/h6-15,20,24H,1,16H2,2-5H3/t20-,23-,32-/m1/s1. The quantitative estimate of drug-likeness (QED) is 0.249. The third-order valence-electron chi connectivity index (χ3n) is 4.74. The summed E-state index contributed by atoms with van der Waals surface area (Å²) in [6.07, 6.45) is 1.49. The highest BCUT2D eigenvalue weighted by atomic mass is 32.2. The van der Waals surface area contributed by atoms with Crippen LogP contribution in [0, 0.1) is 10.1 Å². The number of nitrogens with one attached hydrogen (secondary N) is 1. The van der Waals surface area contributed by atoms with Crippen molar-refractivity contribution in [2.45, 2.75) is 37.2 Å². The molecule has 32 heavy (non-hydrogen) atoms. The highest BCUT2D eigenvalue weighted by Gasteiger charge is 2.51. The Hall–Kier alpha value is -2.88. The summed E-state index contributed by atoms with van der Waals surface area (Å²) in [7, 11) is -0.383. The molecule has 0 aromatic heterocycles. The van der Waals surface area contributed by atoms with E-state index in [2.05, 4.69) is 11.3 Å². The summed E-state index contributed by atoms with van der Waals surface area (Å²) in [6, 6.07) is 13.4. The number of rotatable bonds is 10. The van der Waals surface area contributed by atoms with Gasteiger partial charge >= 0.3 is 5.97 Å². The summed E-state index contributed by atoms with van der Waals surface area (Å²) in [5.74, 6) is -0.715. The van der Waals surface area contributed by atoms with E-state index >= 15 is 0 Å². The molecule has 8 nitrogen and oxygen atoms in total. The molecule has 0 spiro atoms. The summed E-state index contributed by atoms with van der Waals surface area (Å²) in [5.41, 5.74) is -0.928. The first kappa shape index (κ1) is 25.4. The van der Waals surface area contributed by atoms with Gasteiger partial charge in [0.05, 0.1) is 40.4 Å². The highest BCUT2D eigenvalue weighted by Crippen LogP contribution is 2.41. The molecule has 0 aliphatic heterocycles. The molecule has 0 saturated carbocycles. The summed E-state index contributed by atoms with van der Waals surface area (Å²) >= 11 is 0. The van der Waals surface area contributed by atoms with Crippen LogP contribution in [0.25, 0.3) is 0 Å². The third kappa shape index (κ3) is 5.48. The van der Waals surface area contributed by atoms with Gasteiger partial charge in [0.1, 0.15) is 0 Å². The lowest BCUT2D eigenvalue weighted by atomic mass is 9.82. The molecule has 0 radical (unpaired) electrons. The molecule has 3 atom stereocenters. The SMILES string of the molecule is C=CCO[C@](C(=O)OC)(c1ccccc1)[C@H](N[S@](=O)C(C)(C)C)c1ccc([N+](=O)[O-])cc1. The fraction of sp³-hybridized carbons (Fsp3) is 0.348. The molecule has 2 rings (SSSR count). The normalized spacial score (nSPS) is 15.2. The van der Waals surface area contributed by atoms with Crippen LogP contribution >= 0.6 is 0 Å². The van der Waals surface area contributed by atoms with Gasteiger partial charge in [-0.2, -0.15) is 0 Å².